The Morgan fingerprint density at radius 2 is 1.63 bits per heavy atom. The van der Waals surface area contributed by atoms with Crippen molar-refractivity contribution < 1.29 is 19.0 Å². The number of carbonyl (C=O) groups is 1. The molecule has 0 aliphatic carbocycles. The van der Waals surface area contributed by atoms with Gasteiger partial charge >= 0.3 is 0 Å². The molecule has 0 radical (unpaired) electrons. The maximum absolute atomic E-state index is 13.4. The molecule has 5 aromatic rings. The summed E-state index contributed by atoms with van der Waals surface area (Å²) in [4.78, 5) is 31.1. The highest BCUT2D eigenvalue weighted by molar-refractivity contribution is 5.98. The summed E-state index contributed by atoms with van der Waals surface area (Å²) in [5.41, 5.74) is 3.24. The van der Waals surface area contributed by atoms with Gasteiger partial charge in [-0.1, -0.05) is 29.8 Å². The van der Waals surface area contributed by atoms with Crippen LogP contribution in [0.15, 0.2) is 78.0 Å². The summed E-state index contributed by atoms with van der Waals surface area (Å²) in [7, 11) is 3.12. The minimum Gasteiger partial charge on any atom is -0.493 e. The fourth-order valence-corrected chi connectivity index (χ4v) is 4.44. The van der Waals surface area contributed by atoms with E-state index >= 15 is 0 Å². The second-order valence-electron chi connectivity index (χ2n) is 9.92. The molecule has 0 unspecified atom stereocenters. The number of aromatic nitrogens is 4. The Bertz CT molecular complexity index is 1780. The summed E-state index contributed by atoms with van der Waals surface area (Å²) in [5, 5.41) is 9.06. The molecule has 9 nitrogen and oxygen atoms in total. The zero-order chi connectivity index (χ0) is 29.1. The van der Waals surface area contributed by atoms with E-state index in [4.69, 9.17) is 14.2 Å². The van der Waals surface area contributed by atoms with Crippen LogP contribution in [0, 0.1) is 6.92 Å². The van der Waals surface area contributed by atoms with E-state index in [1.54, 1.807) is 63.1 Å². The Balaban J connectivity index is 1.39. The first kappa shape index (κ1) is 27.5. The number of rotatable bonds is 9. The minimum absolute atomic E-state index is 0.0629. The number of pyridine rings is 2. The van der Waals surface area contributed by atoms with E-state index in [1.807, 2.05) is 49.6 Å². The number of Topliss-reactive ketones (excluding diaryl/α,β-unsaturated/α-hetero) is 1. The third-order valence-electron chi connectivity index (χ3n) is 6.76. The molecule has 0 aliphatic heterocycles. The Kier molecular flexibility index (Phi) is 7.78. The number of hydrogen-bond donors (Lipinski definition) is 0. The molecule has 0 N–H and O–H groups in total. The molecule has 0 spiro atoms. The van der Waals surface area contributed by atoms with Crippen molar-refractivity contribution in [3.05, 3.63) is 100 Å². The molecule has 41 heavy (non-hydrogen) atoms. The van der Waals surface area contributed by atoms with Crippen LogP contribution in [-0.4, -0.2) is 39.8 Å². The third kappa shape index (κ3) is 5.79. The molecular formula is C32H30N4O5. The monoisotopic (exact) mass is 550 g/mol. The SMILES string of the molecule is COc1cc2nccc(Oc3ccc(CC(=O)c4cn(C(C)C)cc(-c5ccc(C)cc5)c4=O)nn3)c2cc1OC. The smallest absolute Gasteiger partial charge is 0.238 e. The van der Waals surface area contributed by atoms with E-state index < -0.39 is 0 Å². The highest BCUT2D eigenvalue weighted by Gasteiger charge is 2.19. The van der Waals surface area contributed by atoms with Gasteiger partial charge in [-0.25, -0.2) is 0 Å². The average molecular weight is 551 g/mol. The molecule has 0 saturated heterocycles. The minimum atomic E-state index is -0.331. The number of benzene rings is 2. The first-order chi connectivity index (χ1) is 19.8. The lowest BCUT2D eigenvalue weighted by Crippen LogP contribution is -2.22. The van der Waals surface area contributed by atoms with E-state index in [0.717, 1.165) is 11.1 Å². The fraction of sp³-hybridized carbons (Fsp3) is 0.219. The Morgan fingerprint density at radius 3 is 2.29 bits per heavy atom. The maximum Gasteiger partial charge on any atom is 0.238 e. The molecule has 0 saturated carbocycles. The van der Waals surface area contributed by atoms with Crippen LogP contribution in [0.25, 0.3) is 22.0 Å². The zero-order valence-corrected chi connectivity index (χ0v) is 23.5. The number of ether oxygens (including phenoxy) is 3. The number of methoxy groups -OCH3 is 2. The van der Waals surface area contributed by atoms with Crippen molar-refractivity contribution >= 4 is 16.7 Å². The number of ketones is 1. The summed E-state index contributed by atoms with van der Waals surface area (Å²) in [6.45, 7) is 5.99. The van der Waals surface area contributed by atoms with Gasteiger partial charge in [-0.05, 0) is 44.5 Å². The zero-order valence-electron chi connectivity index (χ0n) is 23.5. The van der Waals surface area contributed by atoms with Crippen LogP contribution in [0.3, 0.4) is 0 Å². The first-order valence-corrected chi connectivity index (χ1v) is 13.1. The van der Waals surface area contributed by atoms with Crippen LogP contribution in [0.1, 0.15) is 41.5 Å². The van der Waals surface area contributed by atoms with Crippen LogP contribution in [0.2, 0.25) is 0 Å². The van der Waals surface area contributed by atoms with Gasteiger partial charge in [0.2, 0.25) is 5.88 Å². The van der Waals surface area contributed by atoms with E-state index in [2.05, 4.69) is 15.2 Å². The van der Waals surface area contributed by atoms with Crippen LogP contribution < -0.4 is 19.6 Å². The van der Waals surface area contributed by atoms with Gasteiger partial charge in [0.1, 0.15) is 5.75 Å². The molecule has 0 aliphatic rings. The van der Waals surface area contributed by atoms with E-state index in [0.29, 0.717) is 39.4 Å². The van der Waals surface area contributed by atoms with E-state index in [-0.39, 0.29) is 35.1 Å². The van der Waals surface area contributed by atoms with Gasteiger partial charge in [0.05, 0.1) is 37.4 Å². The van der Waals surface area contributed by atoms with Crippen molar-refractivity contribution in [2.24, 2.45) is 0 Å². The fourth-order valence-electron chi connectivity index (χ4n) is 4.44. The van der Waals surface area contributed by atoms with Crippen molar-refractivity contribution in [1.29, 1.82) is 0 Å². The Labute approximate surface area is 237 Å². The van der Waals surface area contributed by atoms with Gasteiger partial charge in [-0.3, -0.25) is 14.6 Å². The molecule has 3 aromatic heterocycles. The third-order valence-corrected chi connectivity index (χ3v) is 6.76. The van der Waals surface area contributed by atoms with Crippen molar-refractivity contribution in [2.45, 2.75) is 33.2 Å². The predicted molar refractivity (Wildman–Crippen MR) is 156 cm³/mol. The standard InChI is InChI=1S/C32H30N4O5/c1-19(2)36-17-24(21-8-6-20(3)7-9-21)32(38)25(18-36)27(37)14-22-10-11-31(35-34-22)41-28-12-13-33-26-16-30(40-5)29(39-4)15-23(26)28/h6-13,15-19H,14H2,1-5H3. The molecule has 0 amide bonds. The normalized spacial score (nSPS) is 11.1. The largest absolute Gasteiger partial charge is 0.493 e. The van der Waals surface area contributed by atoms with Gasteiger partial charge in [0.25, 0.3) is 0 Å². The number of aryl methyl sites for hydroxylation is 1. The predicted octanol–water partition coefficient (Wildman–Crippen LogP) is 5.98. The summed E-state index contributed by atoms with van der Waals surface area (Å²) in [6, 6.07) is 16.3. The van der Waals surface area contributed by atoms with E-state index in [9.17, 15) is 9.59 Å². The van der Waals surface area contributed by atoms with Crippen LogP contribution in [0.5, 0.6) is 23.1 Å². The van der Waals surface area contributed by atoms with Crippen molar-refractivity contribution in [3.8, 4) is 34.3 Å². The van der Waals surface area contributed by atoms with Gasteiger partial charge in [0.15, 0.2) is 22.7 Å². The lowest BCUT2D eigenvalue weighted by atomic mass is 10.0. The topological polar surface area (TPSA) is 105 Å². The lowest BCUT2D eigenvalue weighted by Gasteiger charge is -2.15. The maximum atomic E-state index is 13.4. The van der Waals surface area contributed by atoms with Crippen LogP contribution in [-0.2, 0) is 6.42 Å². The van der Waals surface area contributed by atoms with Gasteiger partial charge in [0, 0.05) is 47.7 Å². The van der Waals surface area contributed by atoms with Crippen LogP contribution >= 0.6 is 0 Å². The molecule has 5 rings (SSSR count). The van der Waals surface area contributed by atoms with Crippen molar-refractivity contribution in [1.82, 2.24) is 19.7 Å². The number of hydrogen-bond acceptors (Lipinski definition) is 8. The van der Waals surface area contributed by atoms with Gasteiger partial charge in [-0.15, -0.1) is 5.10 Å². The highest BCUT2D eigenvalue weighted by Crippen LogP contribution is 2.36. The summed E-state index contributed by atoms with van der Waals surface area (Å²) in [5.74, 6) is 1.52. The summed E-state index contributed by atoms with van der Waals surface area (Å²) < 4.78 is 18.7. The molecule has 2 aromatic carbocycles. The second-order valence-corrected chi connectivity index (χ2v) is 9.92. The second kappa shape index (κ2) is 11.6. The van der Waals surface area contributed by atoms with Gasteiger partial charge in [-0.2, -0.15) is 5.10 Å². The number of carbonyl (C=O) groups excluding carboxylic acids is 1. The molecule has 0 fully saturated rings. The average Bonchev–Trinajstić information content (AvgIpc) is 2.98. The lowest BCUT2D eigenvalue weighted by molar-refractivity contribution is 0.0989. The molecule has 3 heterocycles. The Morgan fingerprint density at radius 1 is 0.902 bits per heavy atom. The van der Waals surface area contributed by atoms with Crippen molar-refractivity contribution in [2.75, 3.05) is 14.2 Å². The number of nitrogens with zero attached hydrogens (tertiary/aromatic N) is 4. The van der Waals surface area contributed by atoms with Gasteiger partial charge < -0.3 is 18.8 Å². The van der Waals surface area contributed by atoms with E-state index in [1.165, 1.54) is 0 Å². The first-order valence-electron chi connectivity index (χ1n) is 13.1. The molecular weight excluding hydrogens is 520 g/mol. The summed E-state index contributed by atoms with van der Waals surface area (Å²) >= 11 is 0. The summed E-state index contributed by atoms with van der Waals surface area (Å²) in [6.07, 6.45) is 4.97. The number of fused-ring (bicyclic) bond motifs is 1. The highest BCUT2D eigenvalue weighted by atomic mass is 16.5. The Hall–Kier alpha value is -5.05. The van der Waals surface area contributed by atoms with Crippen molar-refractivity contribution in [3.63, 3.8) is 0 Å². The quantitative estimate of drug-likeness (QED) is 0.207. The molecule has 0 atom stereocenters. The molecule has 0 bridgehead atoms. The molecule has 9 heteroatoms. The van der Waals surface area contributed by atoms with Crippen LogP contribution in [0.4, 0.5) is 0 Å². The molecule has 208 valence electrons.